The van der Waals surface area contributed by atoms with Crippen molar-refractivity contribution < 1.29 is 28.6 Å². The van der Waals surface area contributed by atoms with Crippen molar-refractivity contribution in [1.82, 2.24) is 26.0 Å². The SMILES string of the molecule is C=C/C(=C(\C=C/C)OC)N1CCN(CCCNc2ccc(N)cc2)CC1.CCCCCCC.[B]C(C)(CCNC(=O)CCC(=O)NNCOCC)OCCCC(=O)Nc1ccc(N)cc1. The van der Waals surface area contributed by atoms with Crippen molar-refractivity contribution in [1.29, 1.82) is 0 Å². The lowest BCUT2D eigenvalue weighted by molar-refractivity contribution is -0.127. The largest absolute Gasteiger partial charge is 0.495 e. The molecule has 2 radical (unpaired) electrons. The van der Waals surface area contributed by atoms with Gasteiger partial charge in [0.1, 0.15) is 20.3 Å². The number of hydrogen-bond acceptors (Lipinski definition) is 12. The number of nitrogens with zero attached hydrogens (tertiary/aromatic N) is 2. The number of allylic oxidation sites excluding steroid dienone is 3. The van der Waals surface area contributed by atoms with Crippen molar-refractivity contribution in [3.05, 3.63) is 84.8 Å². The summed E-state index contributed by atoms with van der Waals surface area (Å²) in [5, 5.41) is 8.94. The van der Waals surface area contributed by atoms with Crippen LogP contribution >= 0.6 is 0 Å². The molecule has 0 saturated carbocycles. The second-order valence-corrected chi connectivity index (χ2v) is 15.8. The van der Waals surface area contributed by atoms with Gasteiger partial charge in [-0.3, -0.25) is 24.7 Å². The summed E-state index contributed by atoms with van der Waals surface area (Å²) < 4.78 is 16.2. The number of ether oxygens (including phenoxy) is 3. The summed E-state index contributed by atoms with van der Waals surface area (Å²) in [6.07, 6.45) is 15.3. The number of carbonyl (C=O) groups excluding carboxylic acids is 3. The van der Waals surface area contributed by atoms with Crippen LogP contribution in [0.2, 0.25) is 0 Å². The van der Waals surface area contributed by atoms with Crippen molar-refractivity contribution in [2.75, 3.05) is 95.0 Å². The van der Waals surface area contributed by atoms with Crippen molar-refractivity contribution in [3.8, 4) is 0 Å². The van der Waals surface area contributed by atoms with Crippen LogP contribution in [0, 0.1) is 0 Å². The fourth-order valence-electron chi connectivity index (χ4n) is 6.34. The Labute approximate surface area is 392 Å². The highest BCUT2D eigenvalue weighted by atomic mass is 16.5. The van der Waals surface area contributed by atoms with Gasteiger partial charge in [0.05, 0.1) is 12.8 Å². The third-order valence-electron chi connectivity index (χ3n) is 10.1. The highest BCUT2D eigenvalue weighted by molar-refractivity contribution is 6.14. The Morgan fingerprint density at radius 3 is 2.00 bits per heavy atom. The molecule has 0 aliphatic carbocycles. The number of anilines is 4. The standard InChI is InChI=1S/C21H34BN5O5.C21H32N4O.C7H16/c1-3-31-15-25-27-20(30)11-10-18(28)24-13-12-21(2,22)32-14-4-5-19(29)26-17-8-6-16(23)7-9-17;1-4-7-21(26-3)20(5-2)25-16-14-24(15-17-25)13-6-12-23-19-10-8-18(22)9-11-19;1-3-5-7-6-4-2/h6-9,25H,3-5,10-15,23H2,1-2H3,(H,24,28)(H,26,29)(H,27,30);4-5,7-11,23H,2,6,12-17,22H2,1,3H3;3-7H2,1-2H3/b;7-4-,21-20-;. The Morgan fingerprint density at radius 1 is 0.815 bits per heavy atom. The molecule has 1 saturated heterocycles. The summed E-state index contributed by atoms with van der Waals surface area (Å²) in [5.74, 6) is 0.206. The van der Waals surface area contributed by atoms with Gasteiger partial charge in [0, 0.05) is 100.0 Å². The van der Waals surface area contributed by atoms with Gasteiger partial charge in [-0.2, -0.15) is 0 Å². The normalized spacial score (nSPS) is 13.8. The van der Waals surface area contributed by atoms with Gasteiger partial charge in [-0.1, -0.05) is 58.6 Å². The Morgan fingerprint density at radius 2 is 1.43 bits per heavy atom. The lowest BCUT2D eigenvalue weighted by atomic mass is 9.80. The van der Waals surface area contributed by atoms with E-state index in [1.54, 1.807) is 38.3 Å². The van der Waals surface area contributed by atoms with E-state index < -0.39 is 5.50 Å². The number of hydrazine groups is 1. The van der Waals surface area contributed by atoms with Crippen molar-refractivity contribution in [2.45, 2.75) is 111 Å². The number of amides is 3. The molecular weight excluding hydrogens is 821 g/mol. The van der Waals surface area contributed by atoms with E-state index in [4.69, 9.17) is 33.5 Å². The topological polar surface area (TPSA) is 198 Å². The molecule has 2 aromatic rings. The number of nitrogens with two attached hydrogens (primary N) is 2. The average molecular weight is 904 g/mol. The maximum absolute atomic E-state index is 12.0. The van der Waals surface area contributed by atoms with Gasteiger partial charge < -0.3 is 46.5 Å². The van der Waals surface area contributed by atoms with E-state index in [1.165, 1.54) is 32.1 Å². The predicted molar refractivity (Wildman–Crippen MR) is 269 cm³/mol. The zero-order valence-electron chi connectivity index (χ0n) is 40.5. The number of methoxy groups -OCH3 is 1. The van der Waals surface area contributed by atoms with E-state index in [-0.39, 0.29) is 37.3 Å². The zero-order valence-corrected chi connectivity index (χ0v) is 40.5. The number of carbonyl (C=O) groups is 3. The van der Waals surface area contributed by atoms with Crippen LogP contribution in [0.15, 0.2) is 84.8 Å². The first-order valence-electron chi connectivity index (χ1n) is 23.4. The molecule has 15 nitrogen and oxygen atoms in total. The van der Waals surface area contributed by atoms with Crippen molar-refractivity contribution in [2.24, 2.45) is 0 Å². The van der Waals surface area contributed by atoms with Gasteiger partial charge in [0.25, 0.3) is 0 Å². The molecule has 65 heavy (non-hydrogen) atoms. The molecule has 16 heteroatoms. The summed E-state index contributed by atoms with van der Waals surface area (Å²) in [4.78, 5) is 40.2. The van der Waals surface area contributed by atoms with Crippen LogP contribution in [0.3, 0.4) is 0 Å². The Balaban J connectivity index is 0.000000574. The molecule has 1 fully saturated rings. The first kappa shape index (κ1) is 58.0. The van der Waals surface area contributed by atoms with E-state index in [0.29, 0.717) is 50.4 Å². The third kappa shape index (κ3) is 29.2. The first-order chi connectivity index (χ1) is 31.3. The summed E-state index contributed by atoms with van der Waals surface area (Å²) in [5.41, 5.74) is 19.7. The smallest absolute Gasteiger partial charge is 0.234 e. The molecule has 3 amide bonds. The molecular formula is C49H82BN9O6. The van der Waals surface area contributed by atoms with Gasteiger partial charge in [-0.05, 0) is 107 Å². The van der Waals surface area contributed by atoms with Crippen LogP contribution in [0.4, 0.5) is 22.7 Å². The van der Waals surface area contributed by atoms with E-state index >= 15 is 0 Å². The van der Waals surface area contributed by atoms with Crippen LogP contribution in [0.1, 0.15) is 105 Å². The first-order valence-corrected chi connectivity index (χ1v) is 23.4. The fourth-order valence-corrected chi connectivity index (χ4v) is 6.34. The van der Waals surface area contributed by atoms with Gasteiger partial charge in [0.2, 0.25) is 17.7 Å². The Kier molecular flexibility index (Phi) is 32.3. The van der Waals surface area contributed by atoms with E-state index in [2.05, 4.69) is 57.0 Å². The number of nitrogen functional groups attached to an aromatic ring is 2. The molecule has 1 atom stereocenters. The van der Waals surface area contributed by atoms with Crippen LogP contribution in [0.25, 0.3) is 0 Å². The summed E-state index contributed by atoms with van der Waals surface area (Å²) >= 11 is 0. The lowest BCUT2D eigenvalue weighted by Gasteiger charge is -2.37. The molecule has 0 bridgehead atoms. The maximum Gasteiger partial charge on any atom is 0.234 e. The molecule has 1 unspecified atom stereocenters. The summed E-state index contributed by atoms with van der Waals surface area (Å²) in [6, 6.07) is 14.8. The van der Waals surface area contributed by atoms with Gasteiger partial charge >= 0.3 is 0 Å². The summed E-state index contributed by atoms with van der Waals surface area (Å²) in [7, 11) is 7.80. The minimum Gasteiger partial charge on any atom is -0.495 e. The molecule has 1 heterocycles. The molecule has 1 aliphatic rings. The number of unbranched alkanes of at least 4 members (excludes halogenated alkanes) is 4. The molecule has 0 spiro atoms. The fraction of sp³-hybridized carbons (Fsp3) is 0.571. The van der Waals surface area contributed by atoms with E-state index in [9.17, 15) is 14.4 Å². The minimum atomic E-state index is -0.943. The van der Waals surface area contributed by atoms with E-state index in [0.717, 1.165) is 68.5 Å². The summed E-state index contributed by atoms with van der Waals surface area (Å²) in [6.45, 7) is 21.6. The Bertz CT molecular complexity index is 1650. The Hall–Kier alpha value is -5.03. The quantitative estimate of drug-likeness (QED) is 0.00835. The van der Waals surface area contributed by atoms with Crippen LogP contribution in [-0.2, 0) is 28.6 Å². The van der Waals surface area contributed by atoms with Gasteiger partial charge in [0.15, 0.2) is 0 Å². The molecule has 2 aromatic carbocycles. The van der Waals surface area contributed by atoms with Crippen LogP contribution in [0.5, 0.6) is 0 Å². The predicted octanol–water partition coefficient (Wildman–Crippen LogP) is 7.08. The lowest BCUT2D eigenvalue weighted by Crippen LogP contribution is -2.46. The maximum atomic E-state index is 12.0. The third-order valence-corrected chi connectivity index (χ3v) is 10.1. The number of hydrogen-bond donors (Lipinski definition) is 7. The molecule has 3 rings (SSSR count). The van der Waals surface area contributed by atoms with E-state index in [1.807, 2.05) is 56.3 Å². The second kappa shape index (κ2) is 36.2. The van der Waals surface area contributed by atoms with Crippen molar-refractivity contribution in [3.63, 3.8) is 0 Å². The molecule has 362 valence electrons. The highest BCUT2D eigenvalue weighted by Crippen LogP contribution is 2.18. The number of benzene rings is 2. The molecule has 0 aromatic heterocycles. The van der Waals surface area contributed by atoms with Crippen LogP contribution in [-0.4, -0.2) is 114 Å². The van der Waals surface area contributed by atoms with Gasteiger partial charge in [-0.15, -0.1) is 0 Å². The molecule has 9 N–H and O–H groups in total. The zero-order chi connectivity index (χ0) is 48.1. The molecule has 1 aliphatic heterocycles. The number of nitrogens with one attached hydrogen (secondary N) is 5. The van der Waals surface area contributed by atoms with Crippen molar-refractivity contribution >= 4 is 48.3 Å². The number of piperazine rings is 1. The number of rotatable bonds is 29. The monoisotopic (exact) mass is 904 g/mol. The average Bonchev–Trinajstić information content (AvgIpc) is 3.29. The second-order valence-electron chi connectivity index (χ2n) is 15.8. The van der Waals surface area contributed by atoms with Crippen LogP contribution < -0.4 is 38.3 Å². The van der Waals surface area contributed by atoms with Gasteiger partial charge in [-0.25, -0.2) is 5.43 Å². The minimum absolute atomic E-state index is 0.0553. The highest BCUT2D eigenvalue weighted by Gasteiger charge is 2.20.